The maximum Gasteiger partial charge on any atom is 0.260 e. The summed E-state index contributed by atoms with van der Waals surface area (Å²) in [7, 11) is 3.25. The second-order valence-electron chi connectivity index (χ2n) is 7.78. The zero-order valence-corrected chi connectivity index (χ0v) is 19.5. The summed E-state index contributed by atoms with van der Waals surface area (Å²) in [5, 5.41) is 3.29. The van der Waals surface area contributed by atoms with Crippen molar-refractivity contribution in [2.24, 2.45) is 0 Å². The van der Waals surface area contributed by atoms with Gasteiger partial charge in [-0.1, -0.05) is 30.0 Å². The molecule has 1 atom stereocenters. The Morgan fingerprint density at radius 2 is 2.03 bits per heavy atom. The minimum atomic E-state index is -0.180. The van der Waals surface area contributed by atoms with E-state index in [1.54, 1.807) is 26.4 Å². The molecular weight excluding hydrogens is 440 g/mol. The molecule has 1 amide bonds. The van der Waals surface area contributed by atoms with Crippen LogP contribution in [0.5, 0.6) is 11.5 Å². The highest BCUT2D eigenvalue weighted by Crippen LogP contribution is 2.19. The number of ether oxygens (including phenoxy) is 2. The highest BCUT2D eigenvalue weighted by molar-refractivity contribution is 7.99. The maximum atomic E-state index is 12.8. The molecule has 3 N–H and O–H groups in total. The summed E-state index contributed by atoms with van der Waals surface area (Å²) < 4.78 is 10.6. The fourth-order valence-electron chi connectivity index (χ4n) is 3.91. The molecule has 9 heteroatoms. The van der Waals surface area contributed by atoms with Crippen molar-refractivity contribution in [2.45, 2.75) is 24.7 Å². The van der Waals surface area contributed by atoms with Crippen molar-refractivity contribution in [3.8, 4) is 11.5 Å². The van der Waals surface area contributed by atoms with Crippen LogP contribution in [0.1, 0.15) is 16.8 Å². The lowest BCUT2D eigenvalue weighted by molar-refractivity contribution is -0.929. The number of benzene rings is 2. The summed E-state index contributed by atoms with van der Waals surface area (Å²) in [5.74, 6) is 1.50. The number of methoxy groups -OCH3 is 2. The molecule has 0 saturated heterocycles. The van der Waals surface area contributed by atoms with Crippen LogP contribution in [0.15, 0.2) is 58.5 Å². The summed E-state index contributed by atoms with van der Waals surface area (Å²) >= 11 is 1.22. The van der Waals surface area contributed by atoms with Crippen LogP contribution in [0, 0.1) is 0 Å². The number of quaternary nitrogens is 1. The number of anilines is 1. The van der Waals surface area contributed by atoms with Gasteiger partial charge >= 0.3 is 0 Å². The molecule has 3 aromatic rings. The van der Waals surface area contributed by atoms with Crippen molar-refractivity contribution in [3.63, 3.8) is 0 Å². The van der Waals surface area contributed by atoms with E-state index in [2.05, 4.69) is 21.4 Å². The summed E-state index contributed by atoms with van der Waals surface area (Å²) in [6.45, 7) is 2.27. The van der Waals surface area contributed by atoms with Gasteiger partial charge in [-0.3, -0.25) is 9.59 Å². The first kappa shape index (κ1) is 22.9. The van der Waals surface area contributed by atoms with Gasteiger partial charge in [0.25, 0.3) is 5.56 Å². The van der Waals surface area contributed by atoms with Crippen molar-refractivity contribution < 1.29 is 19.2 Å². The van der Waals surface area contributed by atoms with Crippen LogP contribution in [-0.2, 0) is 24.3 Å². The lowest BCUT2D eigenvalue weighted by Crippen LogP contribution is -3.10. The van der Waals surface area contributed by atoms with Crippen LogP contribution in [0.4, 0.5) is 5.69 Å². The molecule has 2 heterocycles. The Balaban J connectivity index is 1.37. The molecule has 1 aromatic heterocycles. The number of aromatic nitrogens is 2. The first-order valence-corrected chi connectivity index (χ1v) is 11.7. The summed E-state index contributed by atoms with van der Waals surface area (Å²) in [5.41, 5.74) is 3.18. The molecule has 172 valence electrons. The molecule has 0 aliphatic carbocycles. The average Bonchev–Trinajstić information content (AvgIpc) is 2.83. The molecule has 0 spiro atoms. The minimum absolute atomic E-state index is 0.132. The van der Waals surface area contributed by atoms with Gasteiger partial charge in [-0.2, -0.15) is 0 Å². The van der Waals surface area contributed by atoms with E-state index in [1.807, 2.05) is 30.3 Å². The molecule has 1 unspecified atom stereocenters. The number of aromatic amines is 1. The Kier molecular flexibility index (Phi) is 7.31. The van der Waals surface area contributed by atoms with Crippen molar-refractivity contribution >= 4 is 23.4 Å². The molecule has 33 heavy (non-hydrogen) atoms. The summed E-state index contributed by atoms with van der Waals surface area (Å²) in [4.78, 5) is 33.8. The standard InChI is InChI=1S/C24H26N4O4S/c1-31-18-8-5-7-17(12-18)25-22(29)15-33-24-26-20-10-11-28(14-19(20)23(30)27-24)13-16-6-3-4-9-21(16)32-2/h3-9,12H,10-11,13-15H2,1-2H3,(H,25,29)(H,26,27,30)/p+1. The van der Waals surface area contributed by atoms with Crippen molar-refractivity contribution in [1.29, 1.82) is 0 Å². The van der Waals surface area contributed by atoms with Crippen molar-refractivity contribution in [3.05, 3.63) is 75.7 Å². The number of carbonyl (C=O) groups is 1. The first-order chi connectivity index (χ1) is 16.1. The van der Waals surface area contributed by atoms with Crippen LogP contribution in [0.25, 0.3) is 0 Å². The van der Waals surface area contributed by atoms with Crippen molar-refractivity contribution in [1.82, 2.24) is 9.97 Å². The van der Waals surface area contributed by atoms with Gasteiger partial charge in [-0.15, -0.1) is 0 Å². The number of para-hydroxylation sites is 1. The Morgan fingerprint density at radius 3 is 2.85 bits per heavy atom. The van der Waals surface area contributed by atoms with Gasteiger partial charge in [0.05, 0.1) is 37.8 Å². The van der Waals surface area contributed by atoms with E-state index >= 15 is 0 Å². The molecule has 0 saturated carbocycles. The zero-order chi connectivity index (χ0) is 23.2. The lowest BCUT2D eigenvalue weighted by Gasteiger charge is -2.25. The number of hydrogen-bond acceptors (Lipinski definition) is 6. The number of carbonyl (C=O) groups excluding carboxylic acids is 1. The Labute approximate surface area is 196 Å². The number of H-pyrrole nitrogens is 1. The molecule has 8 nitrogen and oxygen atoms in total. The van der Waals surface area contributed by atoms with Crippen LogP contribution in [-0.4, -0.2) is 42.4 Å². The normalized spacial score (nSPS) is 14.9. The van der Waals surface area contributed by atoms with Crippen LogP contribution >= 0.6 is 11.8 Å². The highest BCUT2D eigenvalue weighted by atomic mass is 32.2. The Hall–Kier alpha value is -3.30. The number of rotatable bonds is 8. The lowest BCUT2D eigenvalue weighted by atomic mass is 10.1. The highest BCUT2D eigenvalue weighted by Gasteiger charge is 2.25. The Morgan fingerprint density at radius 1 is 1.18 bits per heavy atom. The second kappa shape index (κ2) is 10.5. The molecule has 1 aliphatic rings. The summed E-state index contributed by atoms with van der Waals surface area (Å²) in [6, 6.07) is 15.1. The number of fused-ring (bicyclic) bond motifs is 1. The molecule has 0 fully saturated rings. The number of nitrogens with zero attached hydrogens (tertiary/aromatic N) is 1. The molecule has 4 rings (SSSR count). The largest absolute Gasteiger partial charge is 0.497 e. The predicted octanol–water partition coefficient (Wildman–Crippen LogP) is 1.66. The van der Waals surface area contributed by atoms with Gasteiger partial charge in [0, 0.05) is 23.7 Å². The first-order valence-electron chi connectivity index (χ1n) is 10.7. The molecular formula is C24H27N4O4S+. The van der Waals surface area contributed by atoms with E-state index in [4.69, 9.17) is 9.47 Å². The minimum Gasteiger partial charge on any atom is -0.497 e. The third-order valence-electron chi connectivity index (χ3n) is 5.55. The van der Waals surface area contributed by atoms with Crippen LogP contribution in [0.3, 0.4) is 0 Å². The van der Waals surface area contributed by atoms with Crippen molar-refractivity contribution in [2.75, 3.05) is 31.8 Å². The van der Waals surface area contributed by atoms with Gasteiger partial charge in [-0.25, -0.2) is 4.98 Å². The summed E-state index contributed by atoms with van der Waals surface area (Å²) in [6.07, 6.45) is 0.716. The van der Waals surface area contributed by atoms with Crippen LogP contribution < -0.4 is 25.2 Å². The van der Waals surface area contributed by atoms with E-state index in [9.17, 15) is 9.59 Å². The second-order valence-corrected chi connectivity index (χ2v) is 8.74. The number of hydrogen-bond donors (Lipinski definition) is 3. The van der Waals surface area contributed by atoms with Gasteiger partial charge in [0.2, 0.25) is 5.91 Å². The van der Waals surface area contributed by atoms with E-state index in [1.165, 1.54) is 16.7 Å². The fraction of sp³-hybridized carbons (Fsp3) is 0.292. The third-order valence-corrected chi connectivity index (χ3v) is 6.42. The van der Waals surface area contributed by atoms with Gasteiger partial charge in [0.1, 0.15) is 24.6 Å². The number of thioether (sulfide) groups is 1. The van der Waals surface area contributed by atoms with E-state index in [-0.39, 0.29) is 17.2 Å². The molecule has 1 aliphatic heterocycles. The third kappa shape index (κ3) is 5.74. The monoisotopic (exact) mass is 467 g/mol. The average molecular weight is 468 g/mol. The van der Waals surface area contributed by atoms with Gasteiger partial charge in [0.15, 0.2) is 5.16 Å². The van der Waals surface area contributed by atoms with E-state index in [0.717, 1.165) is 35.7 Å². The number of nitrogens with one attached hydrogen (secondary N) is 3. The molecule has 0 bridgehead atoms. The predicted molar refractivity (Wildman–Crippen MR) is 127 cm³/mol. The maximum absolute atomic E-state index is 12.8. The SMILES string of the molecule is COc1cccc(NC(=O)CSc2nc3c(c(=O)[nH]2)C[NH+](Cc2ccccc2OC)CC3)c1. The number of amides is 1. The quantitative estimate of drug-likeness (QED) is 0.344. The Bertz CT molecular complexity index is 1200. The zero-order valence-electron chi connectivity index (χ0n) is 18.6. The molecule has 0 radical (unpaired) electrons. The fourth-order valence-corrected chi connectivity index (χ4v) is 4.59. The van der Waals surface area contributed by atoms with Gasteiger partial charge in [-0.05, 0) is 24.3 Å². The van der Waals surface area contributed by atoms with E-state index in [0.29, 0.717) is 29.6 Å². The van der Waals surface area contributed by atoms with Crippen LogP contribution in [0.2, 0.25) is 0 Å². The molecule has 2 aromatic carbocycles. The van der Waals surface area contributed by atoms with Gasteiger partial charge < -0.3 is 24.7 Å². The van der Waals surface area contributed by atoms with E-state index < -0.39 is 0 Å². The smallest absolute Gasteiger partial charge is 0.260 e. The topological polar surface area (TPSA) is 97.7 Å².